The SMILES string of the molecule is C#CCN(N)c1cocc(O)c1=O. The van der Waals surface area contributed by atoms with E-state index in [9.17, 15) is 4.79 Å². The van der Waals surface area contributed by atoms with Gasteiger partial charge in [0.1, 0.15) is 18.2 Å². The third-order valence-corrected chi connectivity index (χ3v) is 1.40. The second kappa shape index (κ2) is 3.65. The first-order valence-electron chi connectivity index (χ1n) is 3.42. The molecule has 5 nitrogen and oxygen atoms in total. The first-order chi connectivity index (χ1) is 6.16. The highest BCUT2D eigenvalue weighted by atomic mass is 16.3. The number of aromatic hydroxyl groups is 1. The molecule has 0 saturated heterocycles. The van der Waals surface area contributed by atoms with Crippen LogP contribution in [0.4, 0.5) is 5.69 Å². The zero-order valence-corrected chi connectivity index (χ0v) is 6.73. The van der Waals surface area contributed by atoms with Gasteiger partial charge in [0.25, 0.3) is 5.43 Å². The molecule has 1 rings (SSSR count). The Kier molecular flexibility index (Phi) is 2.57. The zero-order valence-electron chi connectivity index (χ0n) is 6.73. The highest BCUT2D eigenvalue weighted by molar-refractivity contribution is 5.45. The first-order valence-corrected chi connectivity index (χ1v) is 3.42. The molecule has 68 valence electrons. The molecule has 0 aromatic carbocycles. The van der Waals surface area contributed by atoms with Gasteiger partial charge in [0.05, 0.1) is 6.54 Å². The molecule has 0 aliphatic heterocycles. The molecule has 0 aliphatic carbocycles. The van der Waals surface area contributed by atoms with Crippen LogP contribution in [0.1, 0.15) is 0 Å². The maximum atomic E-state index is 11.2. The minimum Gasteiger partial charge on any atom is -0.502 e. The van der Waals surface area contributed by atoms with Gasteiger partial charge in [0.15, 0.2) is 0 Å². The van der Waals surface area contributed by atoms with Crippen molar-refractivity contribution in [2.45, 2.75) is 0 Å². The summed E-state index contributed by atoms with van der Waals surface area (Å²) in [5, 5.41) is 10.00. The van der Waals surface area contributed by atoms with E-state index in [0.29, 0.717) is 0 Å². The predicted octanol–water partition coefficient (Wildman–Crippen LogP) is -0.341. The molecule has 3 N–H and O–H groups in total. The van der Waals surface area contributed by atoms with E-state index in [-0.39, 0.29) is 12.2 Å². The lowest BCUT2D eigenvalue weighted by Gasteiger charge is -2.12. The van der Waals surface area contributed by atoms with Gasteiger partial charge in [0, 0.05) is 0 Å². The second-order valence-electron chi connectivity index (χ2n) is 2.30. The lowest BCUT2D eigenvalue weighted by molar-refractivity contribution is 0.429. The molecule has 0 unspecified atom stereocenters. The summed E-state index contributed by atoms with van der Waals surface area (Å²) in [5.41, 5.74) is -0.582. The van der Waals surface area contributed by atoms with Crippen molar-refractivity contribution in [3.8, 4) is 18.1 Å². The van der Waals surface area contributed by atoms with Crippen LogP contribution in [0.15, 0.2) is 21.7 Å². The van der Waals surface area contributed by atoms with Crippen molar-refractivity contribution in [3.05, 3.63) is 22.7 Å². The molecule has 0 spiro atoms. The quantitative estimate of drug-likeness (QED) is 0.369. The van der Waals surface area contributed by atoms with Crippen molar-refractivity contribution in [2.75, 3.05) is 11.6 Å². The molecule has 0 atom stereocenters. The summed E-state index contributed by atoms with van der Waals surface area (Å²) in [7, 11) is 0. The standard InChI is InChI=1S/C8H8N2O3/c1-2-3-10(9)6-4-13-5-7(11)8(6)12/h1,4-5,11H,3,9H2. The van der Waals surface area contributed by atoms with Crippen LogP contribution in [0.3, 0.4) is 0 Å². The van der Waals surface area contributed by atoms with E-state index >= 15 is 0 Å². The molecule has 1 heterocycles. The molecular weight excluding hydrogens is 172 g/mol. The molecule has 0 amide bonds. The summed E-state index contributed by atoms with van der Waals surface area (Å²) in [6.07, 6.45) is 7.04. The number of hydrogen-bond donors (Lipinski definition) is 2. The number of hydrazine groups is 1. The van der Waals surface area contributed by atoms with E-state index in [1.807, 2.05) is 0 Å². The van der Waals surface area contributed by atoms with Crippen molar-refractivity contribution in [3.63, 3.8) is 0 Å². The van der Waals surface area contributed by atoms with Gasteiger partial charge < -0.3 is 9.52 Å². The molecule has 1 aromatic heterocycles. The Morgan fingerprint density at radius 3 is 3.00 bits per heavy atom. The molecule has 1 aromatic rings. The summed E-state index contributed by atoms with van der Waals surface area (Å²) in [6.45, 7) is 0.0637. The normalized spacial score (nSPS) is 9.23. The summed E-state index contributed by atoms with van der Waals surface area (Å²) in [4.78, 5) is 11.2. The molecule has 13 heavy (non-hydrogen) atoms. The second-order valence-corrected chi connectivity index (χ2v) is 2.30. The average Bonchev–Trinajstić information content (AvgIpc) is 2.10. The Hall–Kier alpha value is -1.93. The Labute approximate surface area is 74.4 Å². The summed E-state index contributed by atoms with van der Waals surface area (Å²) in [6, 6.07) is 0. The fourth-order valence-electron chi connectivity index (χ4n) is 0.783. The molecule has 0 saturated carbocycles. The van der Waals surface area contributed by atoms with E-state index in [1.165, 1.54) is 0 Å². The maximum absolute atomic E-state index is 11.2. The highest BCUT2D eigenvalue weighted by Gasteiger charge is 2.09. The molecule has 0 fully saturated rings. The predicted molar refractivity (Wildman–Crippen MR) is 47.0 cm³/mol. The summed E-state index contributed by atoms with van der Waals surface area (Å²) >= 11 is 0. The van der Waals surface area contributed by atoms with Gasteiger partial charge in [-0.15, -0.1) is 6.42 Å². The van der Waals surface area contributed by atoms with E-state index in [0.717, 1.165) is 17.5 Å². The van der Waals surface area contributed by atoms with Crippen LogP contribution >= 0.6 is 0 Å². The van der Waals surface area contributed by atoms with E-state index in [4.69, 9.17) is 17.4 Å². The number of terminal acetylenes is 1. The number of nitrogens with zero attached hydrogens (tertiary/aromatic N) is 1. The molecule has 0 radical (unpaired) electrons. The Morgan fingerprint density at radius 1 is 1.69 bits per heavy atom. The van der Waals surface area contributed by atoms with E-state index in [2.05, 4.69) is 10.3 Å². The number of nitrogens with two attached hydrogens (primary N) is 1. The van der Waals surface area contributed by atoms with Gasteiger partial charge in [-0.2, -0.15) is 0 Å². The summed E-state index contributed by atoms with van der Waals surface area (Å²) < 4.78 is 4.65. The van der Waals surface area contributed by atoms with Crippen LogP contribution in [0.25, 0.3) is 0 Å². The lowest BCUT2D eigenvalue weighted by Crippen LogP contribution is -2.34. The Balaban J connectivity index is 3.10. The van der Waals surface area contributed by atoms with Gasteiger partial charge in [0.2, 0.25) is 5.75 Å². The van der Waals surface area contributed by atoms with Crippen molar-refractivity contribution >= 4 is 5.69 Å². The van der Waals surface area contributed by atoms with Crippen LogP contribution in [0, 0.1) is 12.3 Å². The molecule has 5 heteroatoms. The maximum Gasteiger partial charge on any atom is 0.251 e. The molecule has 0 aliphatic rings. The van der Waals surface area contributed by atoms with Crippen LogP contribution in [-0.4, -0.2) is 11.7 Å². The van der Waals surface area contributed by atoms with Gasteiger partial charge >= 0.3 is 0 Å². The third-order valence-electron chi connectivity index (χ3n) is 1.40. The first kappa shape index (κ1) is 9.16. The van der Waals surface area contributed by atoms with Gasteiger partial charge in [-0.25, -0.2) is 5.84 Å². The lowest BCUT2D eigenvalue weighted by atomic mass is 10.4. The highest BCUT2D eigenvalue weighted by Crippen LogP contribution is 2.08. The van der Waals surface area contributed by atoms with E-state index in [1.54, 1.807) is 0 Å². The van der Waals surface area contributed by atoms with Crippen LogP contribution in [0.2, 0.25) is 0 Å². The third kappa shape index (κ3) is 1.80. The Bertz CT molecular complexity index is 391. The van der Waals surface area contributed by atoms with Gasteiger partial charge in [-0.1, -0.05) is 5.92 Å². The van der Waals surface area contributed by atoms with Crippen LogP contribution in [-0.2, 0) is 0 Å². The van der Waals surface area contributed by atoms with Crippen molar-refractivity contribution in [1.29, 1.82) is 0 Å². The largest absolute Gasteiger partial charge is 0.502 e. The molecule has 0 bridgehead atoms. The average molecular weight is 180 g/mol. The van der Waals surface area contributed by atoms with Crippen molar-refractivity contribution < 1.29 is 9.52 Å². The zero-order chi connectivity index (χ0) is 9.84. The Morgan fingerprint density at radius 2 is 2.38 bits per heavy atom. The topological polar surface area (TPSA) is 79.7 Å². The fraction of sp³-hybridized carbons (Fsp3) is 0.125. The monoisotopic (exact) mass is 180 g/mol. The smallest absolute Gasteiger partial charge is 0.251 e. The number of hydrogen-bond acceptors (Lipinski definition) is 5. The van der Waals surface area contributed by atoms with Crippen LogP contribution < -0.4 is 16.3 Å². The van der Waals surface area contributed by atoms with Gasteiger partial charge in [-0.3, -0.25) is 9.80 Å². The minimum atomic E-state index is -0.607. The number of anilines is 1. The minimum absolute atomic E-state index is 0.0259. The number of rotatable bonds is 2. The van der Waals surface area contributed by atoms with Crippen LogP contribution in [0.5, 0.6) is 5.75 Å². The molecular formula is C8H8N2O3. The summed E-state index contributed by atoms with van der Waals surface area (Å²) in [5.74, 6) is 7.15. The van der Waals surface area contributed by atoms with Crippen molar-refractivity contribution in [2.24, 2.45) is 5.84 Å². The fourth-order valence-corrected chi connectivity index (χ4v) is 0.783. The van der Waals surface area contributed by atoms with Crippen molar-refractivity contribution in [1.82, 2.24) is 0 Å². The van der Waals surface area contributed by atoms with Gasteiger partial charge in [-0.05, 0) is 0 Å². The van der Waals surface area contributed by atoms with E-state index < -0.39 is 11.2 Å².